The van der Waals surface area contributed by atoms with E-state index in [0.717, 1.165) is 0 Å². The quantitative estimate of drug-likeness (QED) is 0.449. The van der Waals surface area contributed by atoms with Crippen molar-refractivity contribution in [3.63, 3.8) is 0 Å². The summed E-state index contributed by atoms with van der Waals surface area (Å²) in [5.41, 5.74) is 0. The van der Waals surface area contributed by atoms with Gasteiger partial charge in [0.25, 0.3) is 0 Å². The first-order valence-electron chi connectivity index (χ1n) is 0. The van der Waals surface area contributed by atoms with Crippen molar-refractivity contribution in [2.24, 2.45) is 0 Å². The Kier molecular flexibility index (Phi) is 624. The van der Waals surface area contributed by atoms with E-state index in [1.165, 1.54) is 0 Å². The van der Waals surface area contributed by atoms with Crippen molar-refractivity contribution in [2.45, 2.75) is 0 Å². The molecule has 0 aromatic heterocycles. The van der Waals surface area contributed by atoms with Gasteiger partial charge in [-0.2, -0.15) is 0 Å². The average Bonchev–Trinajstić information content (AvgIpc) is 0. The Morgan fingerprint density at radius 3 is 0.750 bits per heavy atom. The summed E-state index contributed by atoms with van der Waals surface area (Å²) in [7, 11) is 0. The van der Waals surface area contributed by atoms with E-state index < -0.39 is 0 Å². The minimum Gasteiger partial charge on any atom is -0.870 e. The van der Waals surface area contributed by atoms with Crippen LogP contribution in [0.25, 0.3) is 0 Å². The fourth-order valence-corrected chi connectivity index (χ4v) is 0. The van der Waals surface area contributed by atoms with Crippen LogP contribution in [0.15, 0.2) is 0 Å². The van der Waals surface area contributed by atoms with Crippen molar-refractivity contribution in [3.8, 4) is 0 Å². The normalized spacial score (nSPS) is 0. The van der Waals surface area contributed by atoms with Crippen LogP contribution in [0, 0.1) is 0 Å². The van der Waals surface area contributed by atoms with Crippen molar-refractivity contribution in [1.29, 1.82) is 0 Å². The van der Waals surface area contributed by atoms with Crippen LogP contribution in [0.3, 0.4) is 0 Å². The van der Waals surface area contributed by atoms with Gasteiger partial charge in [-0.25, -0.2) is 0 Å². The molecule has 0 atom stereocenters. The summed E-state index contributed by atoms with van der Waals surface area (Å²) in [6.07, 6.45) is 0. The van der Waals surface area contributed by atoms with Gasteiger partial charge in [-0.15, -0.1) is 0 Å². The van der Waals surface area contributed by atoms with Gasteiger partial charge < -0.3 is 11.0 Å². The van der Waals surface area contributed by atoms with Gasteiger partial charge in [-0.05, 0) is 0 Å². The van der Waals surface area contributed by atoms with E-state index in [0.29, 0.717) is 0 Å². The second kappa shape index (κ2) is 33.7. The van der Waals surface area contributed by atoms with E-state index in [2.05, 4.69) is 0 Å². The van der Waals surface area contributed by atoms with Crippen molar-refractivity contribution in [2.75, 3.05) is 0 Å². The van der Waals surface area contributed by atoms with E-state index in [1.54, 1.807) is 0 Å². The van der Waals surface area contributed by atoms with Gasteiger partial charge in [0.1, 0.15) is 0 Å². The Morgan fingerprint density at radius 1 is 0.750 bits per heavy atom. The van der Waals surface area contributed by atoms with Crippen molar-refractivity contribution in [3.05, 3.63) is 0 Å². The fraction of sp³-hybridized carbons (Fsp3) is 0. The van der Waals surface area contributed by atoms with Gasteiger partial charge in [0.2, 0.25) is 0 Å². The van der Waals surface area contributed by atoms with Crippen LogP contribution >= 0.6 is 0 Å². The Bertz CT molecular complexity index is 6.00. The van der Waals surface area contributed by atoms with Crippen molar-refractivity contribution >= 4 is 0 Å². The predicted octanol–water partition coefficient (Wildman–Crippen LogP) is -0.359. The van der Waals surface area contributed by atoms with Crippen LogP contribution in [-0.4, -0.2) is 11.0 Å². The molecule has 0 unspecified atom stereocenters. The van der Waals surface area contributed by atoms with Crippen LogP contribution < -0.4 is 0 Å². The molecule has 0 spiro atoms. The zero-order chi connectivity index (χ0) is 0. The molecule has 1 radical (unpaired) electrons. The topological polar surface area (TPSA) is 60.0 Å². The molecular weight excluding hydrogens is 153 g/mol. The third-order valence-corrected chi connectivity index (χ3v) is 0. The summed E-state index contributed by atoms with van der Waals surface area (Å²) in [6.45, 7) is 0. The molecule has 0 aromatic rings. The SMILES string of the molecule is [Fe+3].[OH-].[OH-].[Zn+2]. The minimum atomic E-state index is 0. The molecule has 0 aliphatic rings. The second-order valence-electron chi connectivity index (χ2n) is 0. The van der Waals surface area contributed by atoms with Crippen LogP contribution in [-0.2, 0) is 36.5 Å². The van der Waals surface area contributed by atoms with Crippen LogP contribution in [0.5, 0.6) is 0 Å². The maximum atomic E-state index is 0. The van der Waals surface area contributed by atoms with E-state index in [1.807, 2.05) is 0 Å². The molecule has 4 heteroatoms. The van der Waals surface area contributed by atoms with Gasteiger partial charge in [0.05, 0.1) is 0 Å². The summed E-state index contributed by atoms with van der Waals surface area (Å²) in [5, 5.41) is 0. The van der Waals surface area contributed by atoms with E-state index >= 15 is 0 Å². The summed E-state index contributed by atoms with van der Waals surface area (Å²) in [4.78, 5) is 0. The molecule has 0 bridgehead atoms. The molecular formula is H2FeO2Zn+3. The Balaban J connectivity index is 0. The first-order chi connectivity index (χ1) is 0. The molecule has 0 amide bonds. The number of hydrogen-bond acceptors (Lipinski definition) is 2. The number of hydrogen-bond donors (Lipinski definition) is 0. The summed E-state index contributed by atoms with van der Waals surface area (Å²) in [5.74, 6) is 0. The molecule has 2 N–H and O–H groups in total. The average molecular weight is 155 g/mol. The molecule has 0 fully saturated rings. The molecule has 0 saturated carbocycles. The first-order valence-corrected chi connectivity index (χ1v) is 0. The van der Waals surface area contributed by atoms with Gasteiger partial charge >= 0.3 is 36.5 Å². The standard InChI is InChI=1S/Fe.2H2O.Zn/h;2*1H2;/q+3;;;+2/p-2. The van der Waals surface area contributed by atoms with Crippen LogP contribution in [0.4, 0.5) is 0 Å². The maximum absolute atomic E-state index is 0. The summed E-state index contributed by atoms with van der Waals surface area (Å²) < 4.78 is 0. The molecule has 21 valence electrons. The van der Waals surface area contributed by atoms with Gasteiger partial charge in [0.15, 0.2) is 0 Å². The number of rotatable bonds is 0. The summed E-state index contributed by atoms with van der Waals surface area (Å²) in [6, 6.07) is 0. The van der Waals surface area contributed by atoms with E-state index in [4.69, 9.17) is 0 Å². The molecule has 0 rings (SSSR count). The van der Waals surface area contributed by atoms with Crippen LogP contribution in [0.2, 0.25) is 0 Å². The molecule has 2 nitrogen and oxygen atoms in total. The van der Waals surface area contributed by atoms with Gasteiger partial charge in [0, 0.05) is 0 Å². The van der Waals surface area contributed by atoms with Crippen molar-refractivity contribution < 1.29 is 47.5 Å². The monoisotopic (exact) mass is 154 g/mol. The Hall–Kier alpha value is 1.06. The summed E-state index contributed by atoms with van der Waals surface area (Å²) >= 11 is 0. The second-order valence-corrected chi connectivity index (χ2v) is 0. The zero-order valence-electron chi connectivity index (χ0n) is 1.96. The molecule has 4 heavy (non-hydrogen) atoms. The Morgan fingerprint density at radius 2 is 0.750 bits per heavy atom. The predicted molar refractivity (Wildman–Crippen MR) is 3.87 cm³/mol. The smallest absolute Gasteiger partial charge is 0.870 e. The molecule has 0 aliphatic heterocycles. The zero-order valence-corrected chi connectivity index (χ0v) is 6.03. The fourth-order valence-electron chi connectivity index (χ4n) is 0. The molecule has 0 heterocycles. The third kappa shape index (κ3) is 11.5. The first kappa shape index (κ1) is 74.0. The van der Waals surface area contributed by atoms with Crippen molar-refractivity contribution in [1.82, 2.24) is 0 Å². The largest absolute Gasteiger partial charge is 3.00 e. The molecule has 0 aromatic carbocycles. The third-order valence-electron chi connectivity index (χ3n) is 0. The van der Waals surface area contributed by atoms with Gasteiger partial charge in [-0.1, -0.05) is 0 Å². The Labute approximate surface area is 47.8 Å². The van der Waals surface area contributed by atoms with Crippen LogP contribution in [0.1, 0.15) is 0 Å². The van der Waals surface area contributed by atoms with E-state index in [9.17, 15) is 0 Å². The molecule has 0 saturated heterocycles. The van der Waals surface area contributed by atoms with Gasteiger partial charge in [-0.3, -0.25) is 0 Å². The minimum absolute atomic E-state index is 0. The molecule has 0 aliphatic carbocycles. The van der Waals surface area contributed by atoms with E-state index in [-0.39, 0.29) is 47.5 Å². The maximum Gasteiger partial charge on any atom is 3.00 e.